The highest BCUT2D eigenvalue weighted by atomic mass is 19.2. The molecule has 0 bridgehead atoms. The molecule has 0 aromatic heterocycles. The van der Waals surface area contributed by atoms with E-state index in [0.717, 1.165) is 12.1 Å². The number of hydrogen-bond acceptors (Lipinski definition) is 2. The summed E-state index contributed by atoms with van der Waals surface area (Å²) in [6.07, 6.45) is 1.75. The van der Waals surface area contributed by atoms with Gasteiger partial charge in [-0.3, -0.25) is 4.79 Å². The van der Waals surface area contributed by atoms with E-state index in [1.165, 1.54) is 6.07 Å². The largest absolute Gasteiger partial charge is 0.489 e. The van der Waals surface area contributed by atoms with Crippen LogP contribution < -0.4 is 16.2 Å². The highest BCUT2D eigenvalue weighted by Gasteiger charge is 2.20. The summed E-state index contributed by atoms with van der Waals surface area (Å²) >= 11 is 0. The van der Waals surface area contributed by atoms with Gasteiger partial charge in [0.1, 0.15) is 12.4 Å². The van der Waals surface area contributed by atoms with Crippen LogP contribution in [0.2, 0.25) is 0 Å². The van der Waals surface area contributed by atoms with Crippen molar-refractivity contribution in [3.63, 3.8) is 0 Å². The number of carbonyl (C=O) groups is 1. The third-order valence-corrected chi connectivity index (χ3v) is 3.83. The number of aliphatic imine (C=N–C) groups is 1. The Kier molecular flexibility index (Phi) is 4.22. The van der Waals surface area contributed by atoms with E-state index in [9.17, 15) is 13.6 Å². The molecule has 2 aromatic rings. The standard InChI is InChI=1S/C18H15F2N3O2/c1-9-6-14(19)15(20)8-12(9)11-4-5-25-16-3-2-10(7-13(11)16)17(24)23-18(21)22/h2-4,6-8H,5H2,1H3,(H4,21,22,23,24). The molecule has 0 saturated carbocycles. The van der Waals surface area contributed by atoms with E-state index in [-0.39, 0.29) is 18.1 Å². The number of amides is 1. The molecule has 1 aliphatic rings. The lowest BCUT2D eigenvalue weighted by Gasteiger charge is -2.21. The molecule has 1 aliphatic heterocycles. The quantitative estimate of drug-likeness (QED) is 0.647. The number of benzene rings is 2. The Morgan fingerprint density at radius 2 is 1.84 bits per heavy atom. The van der Waals surface area contributed by atoms with Crippen molar-refractivity contribution in [2.75, 3.05) is 6.61 Å². The second kappa shape index (κ2) is 6.35. The van der Waals surface area contributed by atoms with Gasteiger partial charge < -0.3 is 16.2 Å². The van der Waals surface area contributed by atoms with Crippen LogP contribution in [0.15, 0.2) is 41.4 Å². The number of hydrogen-bond donors (Lipinski definition) is 2. The lowest BCUT2D eigenvalue weighted by Crippen LogP contribution is -2.24. The molecule has 0 fully saturated rings. The molecular formula is C18H15F2N3O2. The van der Waals surface area contributed by atoms with Gasteiger partial charge >= 0.3 is 0 Å². The fraction of sp³-hybridized carbons (Fsp3) is 0.111. The molecule has 1 amide bonds. The SMILES string of the molecule is Cc1cc(F)c(F)cc1C1=CCOc2ccc(C(=O)N=C(N)N)cc21. The molecule has 7 heteroatoms. The smallest absolute Gasteiger partial charge is 0.280 e. The fourth-order valence-corrected chi connectivity index (χ4v) is 2.70. The van der Waals surface area contributed by atoms with E-state index in [2.05, 4.69) is 4.99 Å². The maximum Gasteiger partial charge on any atom is 0.280 e. The van der Waals surface area contributed by atoms with Crippen LogP contribution in [0.4, 0.5) is 8.78 Å². The van der Waals surface area contributed by atoms with Crippen molar-refractivity contribution in [3.8, 4) is 5.75 Å². The fourth-order valence-electron chi connectivity index (χ4n) is 2.70. The Bertz CT molecular complexity index is 932. The Morgan fingerprint density at radius 3 is 2.56 bits per heavy atom. The topological polar surface area (TPSA) is 90.7 Å². The minimum Gasteiger partial charge on any atom is -0.489 e. The van der Waals surface area contributed by atoms with Gasteiger partial charge in [0.05, 0.1) is 0 Å². The first-order valence-electron chi connectivity index (χ1n) is 7.44. The minimum absolute atomic E-state index is 0.254. The number of rotatable bonds is 2. The van der Waals surface area contributed by atoms with Crippen molar-refractivity contribution in [3.05, 3.63) is 70.3 Å². The van der Waals surface area contributed by atoms with Crippen molar-refractivity contribution >= 4 is 17.4 Å². The zero-order valence-corrected chi connectivity index (χ0v) is 13.3. The molecule has 0 saturated heterocycles. The Hall–Kier alpha value is -3.22. The maximum absolute atomic E-state index is 13.7. The molecular weight excluding hydrogens is 328 g/mol. The molecule has 2 aromatic carbocycles. The summed E-state index contributed by atoms with van der Waals surface area (Å²) in [4.78, 5) is 15.5. The number of fused-ring (bicyclic) bond motifs is 1. The predicted octanol–water partition coefficient (Wildman–Crippen LogP) is 2.51. The van der Waals surface area contributed by atoms with Crippen LogP contribution in [0.1, 0.15) is 27.0 Å². The Morgan fingerprint density at radius 1 is 1.12 bits per heavy atom. The average Bonchev–Trinajstić information content (AvgIpc) is 2.56. The second-order valence-electron chi connectivity index (χ2n) is 5.56. The molecule has 5 nitrogen and oxygen atoms in total. The van der Waals surface area contributed by atoms with Crippen LogP contribution in [-0.4, -0.2) is 18.5 Å². The van der Waals surface area contributed by atoms with Crippen LogP contribution in [0.25, 0.3) is 5.57 Å². The van der Waals surface area contributed by atoms with Gasteiger partial charge in [-0.05, 0) is 60.0 Å². The zero-order chi connectivity index (χ0) is 18.1. The monoisotopic (exact) mass is 343 g/mol. The molecule has 0 aliphatic carbocycles. The number of nitrogens with zero attached hydrogens (tertiary/aromatic N) is 1. The predicted molar refractivity (Wildman–Crippen MR) is 90.3 cm³/mol. The number of nitrogens with two attached hydrogens (primary N) is 2. The third-order valence-electron chi connectivity index (χ3n) is 3.83. The number of guanidine groups is 1. The van der Waals surface area contributed by atoms with E-state index in [1.807, 2.05) is 0 Å². The van der Waals surface area contributed by atoms with E-state index < -0.39 is 17.5 Å². The first-order valence-corrected chi connectivity index (χ1v) is 7.44. The van der Waals surface area contributed by atoms with Crippen LogP contribution in [0.3, 0.4) is 0 Å². The Labute approximate surface area is 142 Å². The summed E-state index contributed by atoms with van der Waals surface area (Å²) in [5.41, 5.74) is 13.0. The van der Waals surface area contributed by atoms with Crippen LogP contribution in [0, 0.1) is 18.6 Å². The third kappa shape index (κ3) is 3.21. The average molecular weight is 343 g/mol. The molecule has 4 N–H and O–H groups in total. The zero-order valence-electron chi connectivity index (χ0n) is 13.3. The lowest BCUT2D eigenvalue weighted by molar-refractivity contribution is 0.100. The first kappa shape index (κ1) is 16.6. The molecule has 1 heterocycles. The minimum atomic E-state index is -0.942. The second-order valence-corrected chi connectivity index (χ2v) is 5.56. The van der Waals surface area contributed by atoms with Crippen molar-refractivity contribution in [2.24, 2.45) is 16.5 Å². The molecule has 0 radical (unpaired) electrons. The Balaban J connectivity index is 2.12. The van der Waals surface area contributed by atoms with Crippen LogP contribution in [0.5, 0.6) is 5.75 Å². The van der Waals surface area contributed by atoms with Crippen molar-refractivity contribution < 1.29 is 18.3 Å². The van der Waals surface area contributed by atoms with E-state index in [1.54, 1.807) is 25.1 Å². The number of halogens is 2. The van der Waals surface area contributed by atoms with Gasteiger partial charge in [-0.15, -0.1) is 0 Å². The van der Waals surface area contributed by atoms with E-state index in [4.69, 9.17) is 16.2 Å². The van der Waals surface area contributed by atoms with Crippen molar-refractivity contribution in [1.82, 2.24) is 0 Å². The molecule has 0 spiro atoms. The van der Waals surface area contributed by atoms with Crippen LogP contribution >= 0.6 is 0 Å². The van der Waals surface area contributed by atoms with Gasteiger partial charge in [-0.2, -0.15) is 4.99 Å². The number of aryl methyl sites for hydroxylation is 1. The van der Waals surface area contributed by atoms with Gasteiger partial charge in [0, 0.05) is 11.1 Å². The van der Waals surface area contributed by atoms with Gasteiger partial charge in [-0.1, -0.05) is 0 Å². The molecule has 0 atom stereocenters. The molecule has 25 heavy (non-hydrogen) atoms. The van der Waals surface area contributed by atoms with Crippen molar-refractivity contribution in [2.45, 2.75) is 6.92 Å². The summed E-state index contributed by atoms with van der Waals surface area (Å²) in [6, 6.07) is 6.99. The van der Waals surface area contributed by atoms with Crippen LogP contribution in [-0.2, 0) is 0 Å². The molecule has 3 rings (SSSR count). The van der Waals surface area contributed by atoms with Gasteiger partial charge in [0.25, 0.3) is 5.91 Å². The summed E-state index contributed by atoms with van der Waals surface area (Å²) in [5.74, 6) is -2.27. The van der Waals surface area contributed by atoms with E-state index in [0.29, 0.717) is 28.0 Å². The van der Waals surface area contributed by atoms with Crippen molar-refractivity contribution in [1.29, 1.82) is 0 Å². The first-order chi connectivity index (χ1) is 11.9. The molecule has 0 unspecified atom stereocenters. The normalized spacial score (nSPS) is 12.7. The summed E-state index contributed by atoms with van der Waals surface area (Å²) in [6.45, 7) is 1.96. The number of carbonyl (C=O) groups excluding carboxylic acids is 1. The summed E-state index contributed by atoms with van der Waals surface area (Å²) in [5, 5.41) is 0. The lowest BCUT2D eigenvalue weighted by atomic mass is 9.91. The van der Waals surface area contributed by atoms with Gasteiger partial charge in [0.2, 0.25) is 0 Å². The maximum atomic E-state index is 13.7. The van der Waals surface area contributed by atoms with Gasteiger partial charge in [-0.25, -0.2) is 8.78 Å². The highest BCUT2D eigenvalue weighted by Crippen LogP contribution is 2.36. The van der Waals surface area contributed by atoms with E-state index >= 15 is 0 Å². The van der Waals surface area contributed by atoms with Gasteiger partial charge in [0.15, 0.2) is 17.6 Å². The number of ether oxygens (including phenoxy) is 1. The summed E-state index contributed by atoms with van der Waals surface area (Å²) in [7, 11) is 0. The highest BCUT2D eigenvalue weighted by molar-refractivity contribution is 6.03. The molecule has 128 valence electrons. The summed E-state index contributed by atoms with van der Waals surface area (Å²) < 4.78 is 32.7.